The Morgan fingerprint density at radius 2 is 1.72 bits per heavy atom. The highest BCUT2D eigenvalue weighted by Gasteiger charge is 2.04. The molecule has 0 aliphatic heterocycles. The molecule has 0 unspecified atom stereocenters. The zero-order valence-electron chi connectivity index (χ0n) is 13.9. The number of nitrogens with zero attached hydrogens (tertiary/aromatic N) is 1. The number of pyridine rings is 1. The van der Waals surface area contributed by atoms with Crippen molar-refractivity contribution >= 4 is 16.9 Å². The van der Waals surface area contributed by atoms with Crippen molar-refractivity contribution in [3.63, 3.8) is 0 Å². The molecule has 0 fully saturated rings. The van der Waals surface area contributed by atoms with Gasteiger partial charge in [0.1, 0.15) is 0 Å². The van der Waals surface area contributed by atoms with Crippen LogP contribution in [0.2, 0.25) is 0 Å². The first-order chi connectivity index (χ1) is 12.3. The Labute approximate surface area is 146 Å². The lowest BCUT2D eigenvalue weighted by molar-refractivity contribution is 0.240. The molecule has 0 aliphatic rings. The molecule has 128 valence electrons. The van der Waals surface area contributed by atoms with E-state index in [1.807, 2.05) is 54.6 Å². The van der Waals surface area contributed by atoms with Gasteiger partial charge in [0.2, 0.25) is 0 Å². The molecular weight excluding hydrogens is 314 g/mol. The minimum atomic E-state index is -0.187. The SMILES string of the molecule is O=C(NCCc1ccc(CO)cc1)NCc1ccnc2ccccc12. The molecule has 2 amide bonds. The molecule has 0 spiro atoms. The monoisotopic (exact) mass is 335 g/mol. The van der Waals surface area contributed by atoms with Crippen molar-refractivity contribution in [2.45, 2.75) is 19.6 Å². The number of fused-ring (bicyclic) bond motifs is 1. The summed E-state index contributed by atoms with van der Waals surface area (Å²) in [7, 11) is 0. The Hall–Kier alpha value is -2.92. The van der Waals surface area contributed by atoms with E-state index >= 15 is 0 Å². The fraction of sp³-hybridized carbons (Fsp3) is 0.200. The van der Waals surface area contributed by atoms with E-state index in [-0.39, 0.29) is 12.6 Å². The van der Waals surface area contributed by atoms with Gasteiger partial charge in [-0.05, 0) is 35.2 Å². The van der Waals surface area contributed by atoms with Gasteiger partial charge in [0, 0.05) is 24.7 Å². The van der Waals surface area contributed by atoms with E-state index in [2.05, 4.69) is 15.6 Å². The van der Waals surface area contributed by atoms with Crippen molar-refractivity contribution in [1.29, 1.82) is 0 Å². The minimum absolute atomic E-state index is 0.0463. The number of rotatable bonds is 6. The molecule has 5 nitrogen and oxygen atoms in total. The van der Waals surface area contributed by atoms with Crippen LogP contribution < -0.4 is 10.6 Å². The summed E-state index contributed by atoms with van der Waals surface area (Å²) in [5.41, 5.74) is 3.98. The second-order valence-electron chi connectivity index (χ2n) is 5.82. The smallest absolute Gasteiger partial charge is 0.315 e. The molecule has 0 radical (unpaired) electrons. The topological polar surface area (TPSA) is 74.2 Å². The third-order valence-electron chi connectivity index (χ3n) is 4.08. The zero-order valence-corrected chi connectivity index (χ0v) is 13.9. The van der Waals surface area contributed by atoms with Crippen molar-refractivity contribution in [3.8, 4) is 0 Å². The van der Waals surface area contributed by atoms with Gasteiger partial charge in [-0.2, -0.15) is 0 Å². The van der Waals surface area contributed by atoms with E-state index in [0.717, 1.165) is 34.0 Å². The van der Waals surface area contributed by atoms with Gasteiger partial charge in [-0.1, -0.05) is 42.5 Å². The number of aliphatic hydroxyl groups excluding tert-OH is 1. The van der Waals surface area contributed by atoms with Gasteiger partial charge in [-0.3, -0.25) is 4.98 Å². The second kappa shape index (κ2) is 8.26. The molecule has 3 N–H and O–H groups in total. The second-order valence-corrected chi connectivity index (χ2v) is 5.82. The molecule has 0 bridgehead atoms. The summed E-state index contributed by atoms with van der Waals surface area (Å²) >= 11 is 0. The number of carbonyl (C=O) groups excluding carboxylic acids is 1. The van der Waals surface area contributed by atoms with Gasteiger partial charge in [-0.15, -0.1) is 0 Å². The molecule has 0 atom stereocenters. The summed E-state index contributed by atoms with van der Waals surface area (Å²) in [5.74, 6) is 0. The summed E-state index contributed by atoms with van der Waals surface area (Å²) < 4.78 is 0. The van der Waals surface area contributed by atoms with Crippen molar-refractivity contribution in [1.82, 2.24) is 15.6 Å². The number of hydrogen-bond donors (Lipinski definition) is 3. The third-order valence-corrected chi connectivity index (χ3v) is 4.08. The number of carbonyl (C=O) groups is 1. The van der Waals surface area contributed by atoms with E-state index in [9.17, 15) is 4.79 Å². The number of aromatic nitrogens is 1. The molecule has 1 heterocycles. The maximum atomic E-state index is 12.0. The number of nitrogens with one attached hydrogen (secondary N) is 2. The first-order valence-electron chi connectivity index (χ1n) is 8.29. The summed E-state index contributed by atoms with van der Waals surface area (Å²) in [4.78, 5) is 16.3. The predicted octanol–water partition coefficient (Wildman–Crippen LogP) is 2.77. The Bertz CT molecular complexity index is 842. The van der Waals surface area contributed by atoms with Gasteiger partial charge in [0.05, 0.1) is 12.1 Å². The van der Waals surface area contributed by atoms with Gasteiger partial charge in [0.15, 0.2) is 0 Å². The van der Waals surface area contributed by atoms with Crippen LogP contribution in [0.3, 0.4) is 0 Å². The average molecular weight is 335 g/mol. The van der Waals surface area contributed by atoms with Crippen LogP contribution in [0, 0.1) is 0 Å². The molecule has 0 saturated heterocycles. The van der Waals surface area contributed by atoms with Crippen LogP contribution in [0.5, 0.6) is 0 Å². The Balaban J connectivity index is 1.47. The largest absolute Gasteiger partial charge is 0.392 e. The molecule has 2 aromatic carbocycles. The maximum Gasteiger partial charge on any atom is 0.315 e. The number of hydrogen-bond acceptors (Lipinski definition) is 3. The molecule has 0 aliphatic carbocycles. The van der Waals surface area contributed by atoms with Crippen LogP contribution in [0.15, 0.2) is 60.8 Å². The van der Waals surface area contributed by atoms with Gasteiger partial charge >= 0.3 is 6.03 Å². The van der Waals surface area contributed by atoms with E-state index in [4.69, 9.17) is 5.11 Å². The van der Waals surface area contributed by atoms with Crippen LogP contribution in [0.25, 0.3) is 10.9 Å². The van der Waals surface area contributed by atoms with Gasteiger partial charge in [-0.25, -0.2) is 4.79 Å². The highest BCUT2D eigenvalue weighted by Crippen LogP contribution is 2.15. The van der Waals surface area contributed by atoms with E-state index in [0.29, 0.717) is 13.1 Å². The summed E-state index contributed by atoms with van der Waals surface area (Å²) in [6.45, 7) is 1.06. The fourth-order valence-corrected chi connectivity index (χ4v) is 2.68. The van der Waals surface area contributed by atoms with Crippen molar-refractivity contribution in [2.24, 2.45) is 0 Å². The lowest BCUT2D eigenvalue weighted by atomic mass is 10.1. The third kappa shape index (κ3) is 4.55. The molecule has 3 aromatic rings. The first kappa shape index (κ1) is 16.9. The number of benzene rings is 2. The van der Waals surface area contributed by atoms with E-state index in [1.165, 1.54) is 0 Å². The van der Waals surface area contributed by atoms with Crippen molar-refractivity contribution < 1.29 is 9.90 Å². The summed E-state index contributed by atoms with van der Waals surface area (Å²) in [6.07, 6.45) is 2.50. The minimum Gasteiger partial charge on any atom is -0.392 e. The maximum absolute atomic E-state index is 12.0. The van der Waals surface area contributed by atoms with Crippen LogP contribution in [-0.4, -0.2) is 22.7 Å². The standard InChI is InChI=1S/C20H21N3O2/c24-14-16-7-5-15(6-8-16)9-11-22-20(25)23-13-17-10-12-21-19-4-2-1-3-18(17)19/h1-8,10,12,24H,9,11,13-14H2,(H2,22,23,25). The Kier molecular flexibility index (Phi) is 5.59. The quantitative estimate of drug-likeness (QED) is 0.648. The molecule has 5 heteroatoms. The highest BCUT2D eigenvalue weighted by molar-refractivity contribution is 5.82. The predicted molar refractivity (Wildman–Crippen MR) is 98.1 cm³/mol. The van der Waals surface area contributed by atoms with Crippen LogP contribution >= 0.6 is 0 Å². The van der Waals surface area contributed by atoms with E-state index in [1.54, 1.807) is 6.20 Å². The lowest BCUT2D eigenvalue weighted by Gasteiger charge is -2.09. The fourth-order valence-electron chi connectivity index (χ4n) is 2.68. The lowest BCUT2D eigenvalue weighted by Crippen LogP contribution is -2.36. The molecule has 0 saturated carbocycles. The van der Waals surface area contributed by atoms with Crippen molar-refractivity contribution in [3.05, 3.63) is 77.5 Å². The first-order valence-corrected chi connectivity index (χ1v) is 8.29. The number of aliphatic hydroxyl groups is 1. The summed E-state index contributed by atoms with van der Waals surface area (Å²) in [6, 6.07) is 17.3. The van der Waals surface area contributed by atoms with Crippen LogP contribution in [0.4, 0.5) is 4.79 Å². The normalized spacial score (nSPS) is 10.6. The summed E-state index contributed by atoms with van der Waals surface area (Å²) in [5, 5.41) is 15.8. The van der Waals surface area contributed by atoms with Crippen LogP contribution in [0.1, 0.15) is 16.7 Å². The number of urea groups is 1. The molecule has 25 heavy (non-hydrogen) atoms. The number of amides is 2. The molecule has 3 rings (SSSR count). The number of para-hydroxylation sites is 1. The molecular formula is C20H21N3O2. The Morgan fingerprint density at radius 1 is 0.960 bits per heavy atom. The van der Waals surface area contributed by atoms with E-state index < -0.39 is 0 Å². The van der Waals surface area contributed by atoms with Crippen LogP contribution in [-0.2, 0) is 19.6 Å². The average Bonchev–Trinajstić information content (AvgIpc) is 2.67. The van der Waals surface area contributed by atoms with Gasteiger partial charge in [0.25, 0.3) is 0 Å². The van der Waals surface area contributed by atoms with Crippen molar-refractivity contribution in [2.75, 3.05) is 6.54 Å². The zero-order chi connectivity index (χ0) is 17.5. The van der Waals surface area contributed by atoms with Gasteiger partial charge < -0.3 is 15.7 Å². The highest BCUT2D eigenvalue weighted by atomic mass is 16.3. The Morgan fingerprint density at radius 3 is 2.52 bits per heavy atom. The molecule has 1 aromatic heterocycles.